The maximum atomic E-state index is 13.4. The molecule has 0 radical (unpaired) electrons. The topological polar surface area (TPSA) is 84.1 Å². The van der Waals surface area contributed by atoms with Gasteiger partial charge in [0.15, 0.2) is 5.57 Å². The second-order valence-corrected chi connectivity index (χ2v) is 9.10. The lowest BCUT2D eigenvalue weighted by Crippen LogP contribution is -2.32. The van der Waals surface area contributed by atoms with Crippen LogP contribution in [0.4, 0.5) is 5.69 Å². The number of ether oxygens (including phenoxy) is 1. The molecule has 35 heavy (non-hydrogen) atoms. The number of halogens is 2. The van der Waals surface area contributed by atoms with E-state index in [-0.39, 0.29) is 26.5 Å². The van der Waals surface area contributed by atoms with Crippen LogP contribution >= 0.6 is 34.5 Å². The van der Waals surface area contributed by atoms with Gasteiger partial charge < -0.3 is 10.1 Å². The number of nitrogens with zero attached hydrogens (tertiary/aromatic N) is 2. The van der Waals surface area contributed by atoms with Crippen LogP contribution in [0.3, 0.4) is 0 Å². The number of methoxy groups -OCH3 is 1. The van der Waals surface area contributed by atoms with Gasteiger partial charge in [-0.2, -0.15) is 5.26 Å². The maximum Gasteiger partial charge on any atom is 0.273 e. The quantitative estimate of drug-likeness (QED) is 0.423. The summed E-state index contributed by atoms with van der Waals surface area (Å²) in [6.45, 7) is 0. The predicted octanol–water partition coefficient (Wildman–Crippen LogP) is 4.36. The third-order valence-corrected chi connectivity index (χ3v) is 6.64. The average Bonchev–Trinajstić information content (AvgIpc) is 3.18. The molecule has 0 unspecified atom stereocenters. The van der Waals surface area contributed by atoms with Crippen LogP contribution in [0.1, 0.15) is 5.56 Å². The van der Waals surface area contributed by atoms with Crippen LogP contribution in [-0.2, 0) is 4.79 Å². The third kappa shape index (κ3) is 5.31. The van der Waals surface area contributed by atoms with Crippen LogP contribution in [-0.4, -0.2) is 17.6 Å². The lowest BCUT2D eigenvalue weighted by atomic mass is 10.2. The lowest BCUT2D eigenvalue weighted by Gasteiger charge is -2.07. The fraction of sp³-hybridized carbons (Fsp3) is 0.0385. The minimum absolute atomic E-state index is 0.194. The van der Waals surface area contributed by atoms with Crippen LogP contribution in [0.25, 0.3) is 17.3 Å². The van der Waals surface area contributed by atoms with Gasteiger partial charge in [0.25, 0.3) is 11.5 Å². The summed E-state index contributed by atoms with van der Waals surface area (Å²) in [5, 5.41) is 13.2. The average molecular weight is 522 g/mol. The number of nitriles is 1. The number of thiazole rings is 1. The Morgan fingerprint density at radius 2 is 1.80 bits per heavy atom. The lowest BCUT2D eigenvalue weighted by molar-refractivity contribution is -0.111. The number of anilines is 1. The number of aromatic nitrogens is 1. The van der Waals surface area contributed by atoms with Crippen molar-refractivity contribution in [3.63, 3.8) is 0 Å². The number of carbonyl (C=O) groups excluding carboxylic acids is 1. The van der Waals surface area contributed by atoms with E-state index < -0.39 is 5.91 Å². The predicted molar refractivity (Wildman–Crippen MR) is 140 cm³/mol. The number of para-hydroxylation sites is 1. The zero-order valence-electron chi connectivity index (χ0n) is 18.3. The monoisotopic (exact) mass is 521 g/mol. The third-order valence-electron chi connectivity index (χ3n) is 4.98. The standard InChI is InChI=1S/C26H17Cl2N3O3S/c1-34-19-10-7-16(8-11-19)13-23-25(33)31(18-5-3-2-4-6-18)26(35-23)20(15-29)24(32)30-22-14-17(27)9-12-21(22)28/h2-14H,1H3,(H,30,32). The molecule has 3 aromatic carbocycles. The summed E-state index contributed by atoms with van der Waals surface area (Å²) in [6, 6.07) is 22.6. The first-order valence-electron chi connectivity index (χ1n) is 10.2. The molecule has 4 aromatic rings. The Labute approximate surface area is 214 Å². The van der Waals surface area contributed by atoms with Crippen molar-refractivity contribution in [2.24, 2.45) is 0 Å². The van der Waals surface area contributed by atoms with E-state index in [2.05, 4.69) is 5.32 Å². The summed E-state index contributed by atoms with van der Waals surface area (Å²) in [5.74, 6) is -0.0224. The van der Waals surface area contributed by atoms with Crippen molar-refractivity contribution in [3.8, 4) is 17.5 Å². The first-order chi connectivity index (χ1) is 16.9. The highest BCUT2D eigenvalue weighted by Crippen LogP contribution is 2.25. The number of amides is 1. The molecule has 0 atom stereocenters. The molecule has 0 aliphatic heterocycles. The zero-order chi connectivity index (χ0) is 24.9. The van der Waals surface area contributed by atoms with Crippen molar-refractivity contribution in [3.05, 3.63) is 108 Å². The van der Waals surface area contributed by atoms with Gasteiger partial charge in [-0.05, 0) is 54.1 Å². The smallest absolute Gasteiger partial charge is 0.273 e. The summed E-state index contributed by atoms with van der Waals surface area (Å²) in [4.78, 5) is 26.6. The number of hydrogen-bond acceptors (Lipinski definition) is 5. The van der Waals surface area contributed by atoms with E-state index in [4.69, 9.17) is 27.9 Å². The molecule has 0 saturated carbocycles. The van der Waals surface area contributed by atoms with Crippen molar-refractivity contribution in [2.75, 3.05) is 12.4 Å². The Hall–Kier alpha value is -3.83. The van der Waals surface area contributed by atoms with Gasteiger partial charge in [-0.25, -0.2) is 0 Å². The first kappa shape index (κ1) is 24.3. The molecule has 0 fully saturated rings. The summed E-state index contributed by atoms with van der Waals surface area (Å²) in [5.41, 5.74) is 0.964. The molecule has 0 aliphatic carbocycles. The molecule has 4 rings (SSSR count). The molecular weight excluding hydrogens is 505 g/mol. The van der Waals surface area contributed by atoms with Crippen molar-refractivity contribution >= 4 is 57.8 Å². The molecule has 1 aromatic heterocycles. The molecule has 1 amide bonds. The molecule has 0 saturated heterocycles. The zero-order valence-corrected chi connectivity index (χ0v) is 20.6. The van der Waals surface area contributed by atoms with Crippen LogP contribution < -0.4 is 24.8 Å². The van der Waals surface area contributed by atoms with Gasteiger partial charge >= 0.3 is 0 Å². The number of carbonyl (C=O) groups is 1. The van der Waals surface area contributed by atoms with Crippen molar-refractivity contribution in [1.82, 2.24) is 4.57 Å². The van der Waals surface area contributed by atoms with E-state index in [1.165, 1.54) is 10.6 Å². The Bertz CT molecular complexity index is 1620. The summed E-state index contributed by atoms with van der Waals surface area (Å²) in [6.07, 6.45) is 1.70. The minimum Gasteiger partial charge on any atom is -0.497 e. The molecule has 174 valence electrons. The van der Waals surface area contributed by atoms with Gasteiger partial charge in [-0.15, -0.1) is 11.3 Å². The largest absolute Gasteiger partial charge is 0.497 e. The van der Waals surface area contributed by atoms with E-state index in [0.717, 1.165) is 16.9 Å². The van der Waals surface area contributed by atoms with Gasteiger partial charge in [0.2, 0.25) is 0 Å². The molecule has 1 N–H and O–H groups in total. The van der Waals surface area contributed by atoms with Crippen molar-refractivity contribution in [2.45, 2.75) is 0 Å². The van der Waals surface area contributed by atoms with E-state index in [0.29, 0.717) is 21.0 Å². The second-order valence-electron chi connectivity index (χ2n) is 7.23. The van der Waals surface area contributed by atoms with Gasteiger partial charge in [0.05, 0.1) is 28.0 Å². The Morgan fingerprint density at radius 3 is 2.46 bits per heavy atom. The first-order valence-corrected chi connectivity index (χ1v) is 11.8. The molecule has 9 heteroatoms. The molecular formula is C26H17Cl2N3O3S. The van der Waals surface area contributed by atoms with Crippen LogP contribution in [0.2, 0.25) is 10.0 Å². The van der Waals surface area contributed by atoms with Crippen molar-refractivity contribution < 1.29 is 9.53 Å². The van der Waals surface area contributed by atoms with Crippen LogP contribution in [0.15, 0.2) is 77.6 Å². The van der Waals surface area contributed by atoms with Gasteiger partial charge in [0, 0.05) is 5.02 Å². The highest BCUT2D eigenvalue weighted by molar-refractivity contribution is 7.07. The normalized spacial score (nSPS) is 12.1. The van der Waals surface area contributed by atoms with E-state index >= 15 is 0 Å². The number of hydrogen-bond donors (Lipinski definition) is 1. The Balaban J connectivity index is 1.93. The highest BCUT2D eigenvalue weighted by atomic mass is 35.5. The fourth-order valence-corrected chi connectivity index (χ4v) is 4.73. The van der Waals surface area contributed by atoms with Gasteiger partial charge in [0.1, 0.15) is 16.5 Å². The van der Waals surface area contributed by atoms with E-state index in [9.17, 15) is 14.9 Å². The highest BCUT2D eigenvalue weighted by Gasteiger charge is 2.18. The summed E-state index contributed by atoms with van der Waals surface area (Å²) >= 11 is 13.2. The second kappa shape index (κ2) is 10.6. The van der Waals surface area contributed by atoms with Gasteiger partial charge in [-0.1, -0.05) is 53.5 Å². The number of benzene rings is 3. The SMILES string of the molecule is COc1ccc(C=c2sc(=C(C#N)C(=O)Nc3cc(Cl)ccc3Cl)n(-c3ccccc3)c2=O)cc1. The Morgan fingerprint density at radius 1 is 1.09 bits per heavy atom. The molecule has 0 spiro atoms. The molecule has 0 aliphatic rings. The summed E-state index contributed by atoms with van der Waals surface area (Å²) < 4.78 is 7.09. The van der Waals surface area contributed by atoms with Crippen LogP contribution in [0, 0.1) is 11.3 Å². The van der Waals surface area contributed by atoms with Crippen LogP contribution in [0.5, 0.6) is 5.75 Å². The van der Waals surface area contributed by atoms with Crippen molar-refractivity contribution in [1.29, 1.82) is 5.26 Å². The number of nitrogens with one attached hydrogen (secondary N) is 1. The van der Waals surface area contributed by atoms with E-state index in [1.807, 2.05) is 24.3 Å². The Kier molecular flexibility index (Phi) is 7.37. The number of rotatable bonds is 5. The maximum absolute atomic E-state index is 13.4. The molecule has 6 nitrogen and oxygen atoms in total. The van der Waals surface area contributed by atoms with Gasteiger partial charge in [-0.3, -0.25) is 14.2 Å². The fourth-order valence-electron chi connectivity index (χ4n) is 3.29. The molecule has 1 heterocycles. The van der Waals surface area contributed by atoms with E-state index in [1.54, 1.807) is 61.7 Å². The molecule has 0 bridgehead atoms. The minimum atomic E-state index is -0.710. The summed E-state index contributed by atoms with van der Waals surface area (Å²) in [7, 11) is 1.57.